The maximum absolute atomic E-state index is 12.3. The smallest absolute Gasteiger partial charge is 0.270 e. The number of nitrogens with zero attached hydrogens (tertiary/aromatic N) is 1. The highest BCUT2D eigenvalue weighted by Crippen LogP contribution is 2.43. The molecule has 1 aromatic heterocycles. The van der Waals surface area contributed by atoms with E-state index in [9.17, 15) is 9.90 Å². The monoisotopic (exact) mass is 255 g/mol. The van der Waals surface area contributed by atoms with Crippen molar-refractivity contribution in [2.75, 3.05) is 4.90 Å². The molecule has 0 aliphatic carbocycles. The van der Waals surface area contributed by atoms with Gasteiger partial charge in [0.1, 0.15) is 11.8 Å². The van der Waals surface area contributed by atoms with Gasteiger partial charge in [0, 0.05) is 5.69 Å². The fourth-order valence-electron chi connectivity index (χ4n) is 2.45. The van der Waals surface area contributed by atoms with Gasteiger partial charge >= 0.3 is 0 Å². The van der Waals surface area contributed by atoms with E-state index in [-0.39, 0.29) is 5.76 Å². The van der Waals surface area contributed by atoms with Gasteiger partial charge in [-0.25, -0.2) is 0 Å². The zero-order valence-corrected chi connectivity index (χ0v) is 10.2. The number of amides is 1. The second-order valence-electron chi connectivity index (χ2n) is 4.43. The van der Waals surface area contributed by atoms with Crippen LogP contribution in [0.4, 0.5) is 5.69 Å². The van der Waals surface area contributed by atoms with E-state index in [1.807, 2.05) is 30.3 Å². The Labute approximate surface area is 110 Å². The number of rotatable bonds is 3. The minimum atomic E-state index is -1.65. The van der Waals surface area contributed by atoms with Crippen LogP contribution in [-0.4, -0.2) is 17.1 Å². The number of hydrogen-bond donors (Lipinski definition) is 1. The molecule has 1 aliphatic heterocycles. The van der Waals surface area contributed by atoms with Crippen molar-refractivity contribution in [3.63, 3.8) is 0 Å². The van der Waals surface area contributed by atoms with E-state index in [1.54, 1.807) is 18.2 Å². The number of benzene rings is 1. The highest BCUT2D eigenvalue weighted by Gasteiger charge is 2.62. The number of carbonyl (C=O) groups is 1. The lowest BCUT2D eigenvalue weighted by atomic mass is 9.79. The third-order valence-electron chi connectivity index (χ3n) is 3.41. The molecule has 2 atom stereocenters. The molecule has 1 aliphatic rings. The van der Waals surface area contributed by atoms with Crippen LogP contribution in [0, 0.1) is 0 Å². The van der Waals surface area contributed by atoms with Crippen LogP contribution in [0.2, 0.25) is 0 Å². The summed E-state index contributed by atoms with van der Waals surface area (Å²) in [5.74, 6) is -0.159. The van der Waals surface area contributed by atoms with Crippen LogP contribution >= 0.6 is 0 Å². The van der Waals surface area contributed by atoms with Gasteiger partial charge in [0.2, 0.25) is 5.60 Å². The van der Waals surface area contributed by atoms with Gasteiger partial charge < -0.3 is 9.52 Å². The molecule has 2 heterocycles. The molecule has 1 amide bonds. The van der Waals surface area contributed by atoms with Crippen LogP contribution < -0.4 is 4.90 Å². The molecule has 2 unspecified atom stereocenters. The maximum atomic E-state index is 12.3. The van der Waals surface area contributed by atoms with E-state index in [0.29, 0.717) is 0 Å². The van der Waals surface area contributed by atoms with Gasteiger partial charge in [-0.2, -0.15) is 0 Å². The Bertz CT molecular complexity index is 606. The number of aliphatic hydroxyl groups is 1. The number of hydrogen-bond acceptors (Lipinski definition) is 3. The van der Waals surface area contributed by atoms with Crippen molar-refractivity contribution >= 4 is 11.6 Å². The summed E-state index contributed by atoms with van der Waals surface area (Å²) in [6, 6.07) is 11.9. The first kappa shape index (κ1) is 11.7. The highest BCUT2D eigenvalue weighted by molar-refractivity contribution is 6.08. The highest BCUT2D eigenvalue weighted by atomic mass is 16.4. The Morgan fingerprint density at radius 2 is 2.00 bits per heavy atom. The second kappa shape index (κ2) is 4.10. The molecule has 1 aromatic carbocycles. The van der Waals surface area contributed by atoms with Crippen LogP contribution in [0.1, 0.15) is 5.76 Å². The van der Waals surface area contributed by atoms with E-state index >= 15 is 0 Å². The van der Waals surface area contributed by atoms with Gasteiger partial charge in [0.15, 0.2) is 0 Å². The maximum Gasteiger partial charge on any atom is 0.270 e. The predicted octanol–water partition coefficient (Wildman–Crippen LogP) is 2.07. The van der Waals surface area contributed by atoms with Gasteiger partial charge in [-0.3, -0.25) is 9.69 Å². The van der Waals surface area contributed by atoms with Crippen LogP contribution in [0.5, 0.6) is 0 Å². The topological polar surface area (TPSA) is 53.7 Å². The Balaban J connectivity index is 2.01. The van der Waals surface area contributed by atoms with Crippen LogP contribution in [0.25, 0.3) is 0 Å². The van der Waals surface area contributed by atoms with Gasteiger partial charge in [0.05, 0.1) is 6.26 Å². The third kappa shape index (κ3) is 1.47. The molecule has 0 radical (unpaired) electrons. The Hall–Kier alpha value is -2.33. The summed E-state index contributed by atoms with van der Waals surface area (Å²) in [6.07, 6.45) is 2.99. The molecule has 0 bridgehead atoms. The van der Waals surface area contributed by atoms with Crippen molar-refractivity contribution in [2.45, 2.75) is 11.6 Å². The fraction of sp³-hybridized carbons (Fsp3) is 0.133. The third-order valence-corrected chi connectivity index (χ3v) is 3.41. The van der Waals surface area contributed by atoms with Gasteiger partial charge in [0.25, 0.3) is 5.91 Å². The Kier molecular flexibility index (Phi) is 2.54. The van der Waals surface area contributed by atoms with E-state index in [1.165, 1.54) is 11.2 Å². The lowest BCUT2D eigenvalue weighted by Gasteiger charge is -2.50. The molecule has 96 valence electrons. The number of furan rings is 1. The van der Waals surface area contributed by atoms with Crippen LogP contribution in [0.15, 0.2) is 65.8 Å². The average molecular weight is 255 g/mol. The zero-order chi connectivity index (χ0) is 13.5. The zero-order valence-electron chi connectivity index (χ0n) is 10.2. The molecular formula is C15H13NO3. The molecule has 0 spiro atoms. The summed E-state index contributed by atoms with van der Waals surface area (Å²) >= 11 is 0. The van der Waals surface area contributed by atoms with Crippen LogP contribution in [-0.2, 0) is 10.4 Å². The van der Waals surface area contributed by atoms with E-state index in [0.717, 1.165) is 5.69 Å². The van der Waals surface area contributed by atoms with Crippen molar-refractivity contribution in [2.24, 2.45) is 0 Å². The standard InChI is InChI=1S/C15H13NO3/c1-2-12-15(18,13-9-6-10-19-13)14(17)16(12)11-7-4-3-5-8-11/h2-10,12,18H,1H2. The summed E-state index contributed by atoms with van der Waals surface area (Å²) < 4.78 is 5.18. The molecule has 4 heteroatoms. The number of β-lactam (4-membered cyclic amide) rings is 1. The molecule has 4 nitrogen and oxygen atoms in total. The first-order chi connectivity index (χ1) is 9.19. The number of anilines is 1. The van der Waals surface area contributed by atoms with Crippen molar-refractivity contribution < 1.29 is 14.3 Å². The molecule has 2 aromatic rings. The summed E-state index contributed by atoms with van der Waals surface area (Å²) in [5.41, 5.74) is -0.921. The second-order valence-corrected chi connectivity index (χ2v) is 4.43. The molecule has 0 saturated carbocycles. The van der Waals surface area contributed by atoms with Gasteiger partial charge in [-0.1, -0.05) is 24.3 Å². The molecule has 3 rings (SSSR count). The molecular weight excluding hydrogens is 242 g/mol. The fourth-order valence-corrected chi connectivity index (χ4v) is 2.45. The number of para-hydroxylation sites is 1. The van der Waals surface area contributed by atoms with Gasteiger partial charge in [-0.15, -0.1) is 6.58 Å². The van der Waals surface area contributed by atoms with E-state index in [2.05, 4.69) is 6.58 Å². The first-order valence-electron chi connectivity index (χ1n) is 5.97. The average Bonchev–Trinajstić information content (AvgIpc) is 2.98. The first-order valence-corrected chi connectivity index (χ1v) is 5.97. The molecule has 1 N–H and O–H groups in total. The predicted molar refractivity (Wildman–Crippen MR) is 70.5 cm³/mol. The van der Waals surface area contributed by atoms with E-state index in [4.69, 9.17) is 4.42 Å². The van der Waals surface area contributed by atoms with Crippen molar-refractivity contribution in [1.82, 2.24) is 0 Å². The molecule has 1 fully saturated rings. The van der Waals surface area contributed by atoms with Crippen molar-refractivity contribution in [1.29, 1.82) is 0 Å². The Morgan fingerprint density at radius 1 is 1.26 bits per heavy atom. The van der Waals surface area contributed by atoms with E-state index < -0.39 is 17.6 Å². The summed E-state index contributed by atoms with van der Waals surface area (Å²) in [7, 11) is 0. The number of carbonyl (C=O) groups excluding carboxylic acids is 1. The normalized spacial score (nSPS) is 26.1. The lowest BCUT2D eigenvalue weighted by Crippen LogP contribution is -2.71. The molecule has 19 heavy (non-hydrogen) atoms. The van der Waals surface area contributed by atoms with Crippen LogP contribution in [0.3, 0.4) is 0 Å². The largest absolute Gasteiger partial charge is 0.466 e. The van der Waals surface area contributed by atoms with Crippen molar-refractivity contribution in [3.05, 3.63) is 67.1 Å². The minimum absolute atomic E-state index is 0.245. The summed E-state index contributed by atoms with van der Waals surface area (Å²) in [4.78, 5) is 13.8. The molecule has 1 saturated heterocycles. The minimum Gasteiger partial charge on any atom is -0.466 e. The Morgan fingerprint density at radius 3 is 2.58 bits per heavy atom. The van der Waals surface area contributed by atoms with Gasteiger partial charge in [-0.05, 0) is 24.3 Å². The summed E-state index contributed by atoms with van der Waals surface area (Å²) in [6.45, 7) is 3.70. The lowest BCUT2D eigenvalue weighted by molar-refractivity contribution is -0.154. The van der Waals surface area contributed by atoms with Crippen molar-refractivity contribution in [3.8, 4) is 0 Å². The summed E-state index contributed by atoms with van der Waals surface area (Å²) in [5, 5.41) is 10.6. The SMILES string of the molecule is C=CC1N(c2ccccc2)C(=O)C1(O)c1ccco1. The quantitative estimate of drug-likeness (QED) is 0.674.